The van der Waals surface area contributed by atoms with E-state index in [4.69, 9.17) is 0 Å². The van der Waals surface area contributed by atoms with Gasteiger partial charge in [-0.2, -0.15) is 0 Å². The van der Waals surface area contributed by atoms with E-state index in [2.05, 4.69) is 26.2 Å². The van der Waals surface area contributed by atoms with E-state index in [1.807, 2.05) is 0 Å². The van der Waals surface area contributed by atoms with Crippen molar-refractivity contribution in [2.45, 2.75) is 44.4 Å². The van der Waals surface area contributed by atoms with Crippen molar-refractivity contribution in [3.63, 3.8) is 0 Å². The lowest BCUT2D eigenvalue weighted by Gasteiger charge is -2.24. The molecule has 0 unspecified atom stereocenters. The molecule has 0 spiro atoms. The van der Waals surface area contributed by atoms with Crippen molar-refractivity contribution in [2.24, 2.45) is 0 Å². The van der Waals surface area contributed by atoms with Crippen LogP contribution in [0.15, 0.2) is 35.1 Å². The summed E-state index contributed by atoms with van der Waals surface area (Å²) in [5.74, 6) is -5.21. The number of rotatable bonds is 6. The van der Waals surface area contributed by atoms with Crippen LogP contribution in [0.4, 0.5) is 19.0 Å². The highest BCUT2D eigenvalue weighted by Crippen LogP contribution is 2.29. The predicted octanol–water partition coefficient (Wildman–Crippen LogP) is 2.91. The van der Waals surface area contributed by atoms with Gasteiger partial charge in [0, 0.05) is 31.1 Å². The van der Waals surface area contributed by atoms with Gasteiger partial charge in [-0.1, -0.05) is 6.07 Å². The van der Waals surface area contributed by atoms with Crippen molar-refractivity contribution in [2.75, 3.05) is 25.0 Å². The number of alkyl halides is 3. The van der Waals surface area contributed by atoms with Crippen LogP contribution in [0.25, 0.3) is 0 Å². The van der Waals surface area contributed by atoms with Crippen LogP contribution in [0, 0.1) is 0 Å². The minimum atomic E-state index is -3.01. The minimum absolute atomic E-state index is 0.110. The van der Waals surface area contributed by atoms with Gasteiger partial charge in [0.05, 0.1) is 13.1 Å². The fourth-order valence-corrected chi connectivity index (χ4v) is 4.66. The van der Waals surface area contributed by atoms with Gasteiger partial charge in [0.2, 0.25) is 11.8 Å². The predicted molar refractivity (Wildman–Crippen MR) is 125 cm³/mol. The maximum atomic E-state index is 14.3. The molecule has 9 nitrogen and oxygen atoms in total. The van der Waals surface area contributed by atoms with Crippen LogP contribution in [-0.2, 0) is 16.1 Å². The van der Waals surface area contributed by atoms with Crippen molar-refractivity contribution in [3.8, 4) is 0 Å². The number of nitrogens with zero attached hydrogens (tertiary/aromatic N) is 4. The molecule has 192 valence electrons. The molecule has 2 aromatic rings. The quantitative estimate of drug-likeness (QED) is 0.425. The Kier molecular flexibility index (Phi) is 7.21. The molecule has 0 radical (unpaired) electrons. The van der Waals surface area contributed by atoms with Gasteiger partial charge in [0.25, 0.3) is 11.8 Å². The summed E-state index contributed by atoms with van der Waals surface area (Å²) >= 11 is 3.19. The van der Waals surface area contributed by atoms with Crippen molar-refractivity contribution < 1.29 is 32.3 Å². The molecule has 13 heteroatoms. The lowest BCUT2D eigenvalue weighted by atomic mass is 10.2. The standard InChI is InChI=1S/C23H23BrF3N5O4/c1-13(33)14-7-17(22(36)30-6-5-23(26,27)12-30)31(9-14)11-20(34)32-10-15(25)8-16(32)21(35)29-19-4-2-3-18(24)28-19/h2-4,7,9,15-16H,5-6,8,10-12H2,1H3,(H,28,29,35)/t15-,16+/m1/s1. The maximum Gasteiger partial charge on any atom is 0.270 e. The molecule has 0 saturated carbocycles. The number of nitrogens with one attached hydrogen (secondary N) is 1. The van der Waals surface area contributed by atoms with Crippen molar-refractivity contribution in [1.82, 2.24) is 19.4 Å². The second kappa shape index (κ2) is 10.0. The highest BCUT2D eigenvalue weighted by Gasteiger charge is 2.42. The number of anilines is 1. The second-order valence-electron chi connectivity index (χ2n) is 8.86. The van der Waals surface area contributed by atoms with Crippen LogP contribution in [0.3, 0.4) is 0 Å². The summed E-state index contributed by atoms with van der Waals surface area (Å²) in [6.07, 6.45) is -0.853. The van der Waals surface area contributed by atoms with E-state index in [0.717, 1.165) is 9.80 Å². The van der Waals surface area contributed by atoms with E-state index in [9.17, 15) is 32.3 Å². The van der Waals surface area contributed by atoms with E-state index in [0.29, 0.717) is 4.60 Å². The first-order valence-electron chi connectivity index (χ1n) is 11.2. The molecular formula is C23H23BrF3N5O4. The van der Waals surface area contributed by atoms with Crippen molar-refractivity contribution in [1.29, 1.82) is 0 Å². The fourth-order valence-electron chi connectivity index (χ4n) is 4.32. The van der Waals surface area contributed by atoms with Crippen LogP contribution in [0.5, 0.6) is 0 Å². The molecule has 4 heterocycles. The molecule has 36 heavy (non-hydrogen) atoms. The van der Waals surface area contributed by atoms with Crippen molar-refractivity contribution in [3.05, 3.63) is 46.3 Å². The monoisotopic (exact) mass is 569 g/mol. The van der Waals surface area contributed by atoms with Crippen LogP contribution in [0.1, 0.15) is 40.6 Å². The highest BCUT2D eigenvalue weighted by atomic mass is 79.9. The van der Waals surface area contributed by atoms with Crippen LogP contribution in [0.2, 0.25) is 0 Å². The molecule has 3 amide bonds. The van der Waals surface area contributed by atoms with E-state index in [1.165, 1.54) is 23.8 Å². The summed E-state index contributed by atoms with van der Waals surface area (Å²) in [4.78, 5) is 57.0. The van der Waals surface area contributed by atoms with Gasteiger partial charge in [-0.3, -0.25) is 19.2 Å². The maximum absolute atomic E-state index is 14.3. The molecule has 2 aromatic heterocycles. The lowest BCUT2D eigenvalue weighted by Crippen LogP contribution is -2.45. The van der Waals surface area contributed by atoms with Gasteiger partial charge in [0.1, 0.15) is 34.9 Å². The van der Waals surface area contributed by atoms with Gasteiger partial charge >= 0.3 is 0 Å². The third-order valence-electron chi connectivity index (χ3n) is 6.12. The Hall–Kier alpha value is -3.22. The van der Waals surface area contributed by atoms with Gasteiger partial charge in [0.15, 0.2) is 5.78 Å². The molecule has 2 fully saturated rings. The molecule has 2 saturated heterocycles. The Bertz CT molecular complexity index is 1220. The lowest BCUT2D eigenvalue weighted by molar-refractivity contribution is -0.137. The average molecular weight is 570 g/mol. The topological polar surface area (TPSA) is 105 Å². The Morgan fingerprint density at radius 1 is 1.25 bits per heavy atom. The number of hydrogen-bond acceptors (Lipinski definition) is 5. The van der Waals surface area contributed by atoms with E-state index in [1.54, 1.807) is 18.2 Å². The van der Waals surface area contributed by atoms with E-state index < -0.39 is 55.4 Å². The number of ketones is 1. The number of aromatic nitrogens is 2. The summed E-state index contributed by atoms with van der Waals surface area (Å²) in [6.45, 7) is -0.469. The number of likely N-dealkylation sites (tertiary alicyclic amines) is 2. The molecule has 1 N–H and O–H groups in total. The Balaban J connectivity index is 1.53. The molecule has 0 aliphatic carbocycles. The van der Waals surface area contributed by atoms with Gasteiger partial charge in [-0.25, -0.2) is 18.2 Å². The van der Waals surface area contributed by atoms with Crippen molar-refractivity contribution >= 4 is 45.3 Å². The number of carbonyl (C=O) groups is 4. The summed E-state index contributed by atoms with van der Waals surface area (Å²) in [5.41, 5.74) is 0.0125. The largest absolute Gasteiger partial charge is 0.333 e. The fraction of sp³-hybridized carbons (Fsp3) is 0.435. The summed E-state index contributed by atoms with van der Waals surface area (Å²) in [5, 5.41) is 2.56. The van der Waals surface area contributed by atoms with Gasteiger partial charge < -0.3 is 19.7 Å². The number of hydrogen-bond donors (Lipinski definition) is 1. The third-order valence-corrected chi connectivity index (χ3v) is 6.57. The number of amides is 3. The number of Topliss-reactive ketones (excluding diaryl/α,β-unsaturated/α-hetero) is 1. The first kappa shape index (κ1) is 25.9. The van der Waals surface area contributed by atoms with Gasteiger partial charge in [-0.05, 0) is 41.1 Å². The Morgan fingerprint density at radius 2 is 2.00 bits per heavy atom. The van der Waals surface area contributed by atoms with Crippen LogP contribution >= 0.6 is 15.9 Å². The zero-order chi connectivity index (χ0) is 26.2. The summed E-state index contributed by atoms with van der Waals surface area (Å²) < 4.78 is 43.3. The minimum Gasteiger partial charge on any atom is -0.333 e. The van der Waals surface area contributed by atoms with E-state index >= 15 is 0 Å². The summed E-state index contributed by atoms with van der Waals surface area (Å²) in [7, 11) is 0. The third kappa shape index (κ3) is 5.61. The van der Waals surface area contributed by atoms with Gasteiger partial charge in [-0.15, -0.1) is 0 Å². The molecule has 4 rings (SSSR count). The first-order valence-corrected chi connectivity index (χ1v) is 12.0. The molecule has 0 bridgehead atoms. The Labute approximate surface area is 212 Å². The first-order chi connectivity index (χ1) is 16.9. The number of halogens is 4. The highest BCUT2D eigenvalue weighted by molar-refractivity contribution is 9.10. The SMILES string of the molecule is CC(=O)c1cc(C(=O)N2CCC(F)(F)C2)n(CC(=O)N2C[C@H](F)C[C@H]2C(=O)Nc2cccc(Br)n2)c1. The molecular weight excluding hydrogens is 547 g/mol. The molecule has 2 aliphatic rings. The number of carbonyl (C=O) groups excluding carboxylic acids is 4. The van der Waals surface area contributed by atoms with Crippen LogP contribution < -0.4 is 5.32 Å². The molecule has 2 atom stereocenters. The zero-order valence-corrected chi connectivity index (χ0v) is 20.8. The molecule has 2 aliphatic heterocycles. The number of pyridine rings is 1. The van der Waals surface area contributed by atoms with Crippen LogP contribution in [-0.4, -0.2) is 80.6 Å². The Morgan fingerprint density at radius 3 is 2.64 bits per heavy atom. The average Bonchev–Trinajstić information content (AvgIpc) is 3.49. The van der Waals surface area contributed by atoms with E-state index in [-0.39, 0.29) is 42.4 Å². The molecule has 0 aromatic carbocycles. The zero-order valence-electron chi connectivity index (χ0n) is 19.2. The summed E-state index contributed by atoms with van der Waals surface area (Å²) in [6, 6.07) is 4.98. The second-order valence-corrected chi connectivity index (χ2v) is 9.67. The smallest absolute Gasteiger partial charge is 0.270 e. The normalized spacial score (nSPS) is 21.0.